The molecule has 1 aliphatic heterocycles. The van der Waals surface area contributed by atoms with Crippen LogP contribution >= 0.6 is 0 Å². The molecule has 1 fully saturated rings. The number of phenolic OH excluding ortho intramolecular Hbond substituents is 1. The minimum absolute atomic E-state index is 0.174. The minimum Gasteiger partial charge on any atom is -0.504 e. The van der Waals surface area contributed by atoms with Gasteiger partial charge in [0, 0.05) is 19.7 Å². The number of aliphatic hydroxyl groups excluding tert-OH is 1. The summed E-state index contributed by atoms with van der Waals surface area (Å²) in [6.45, 7) is 3.13. The van der Waals surface area contributed by atoms with E-state index in [2.05, 4.69) is 4.90 Å². The molecule has 0 bridgehead atoms. The minimum atomic E-state index is 0.174. The van der Waals surface area contributed by atoms with Gasteiger partial charge in [0.25, 0.3) is 0 Å². The Kier molecular flexibility index (Phi) is 4.44. The molecule has 0 aromatic heterocycles. The van der Waals surface area contributed by atoms with E-state index in [1.807, 2.05) is 12.1 Å². The van der Waals surface area contributed by atoms with Gasteiger partial charge in [0.2, 0.25) is 0 Å². The predicted molar refractivity (Wildman–Crippen MR) is 69.7 cm³/mol. The van der Waals surface area contributed by atoms with E-state index in [4.69, 9.17) is 4.74 Å². The lowest BCUT2D eigenvalue weighted by atomic mass is 9.98. The number of methoxy groups -OCH3 is 1. The van der Waals surface area contributed by atoms with Gasteiger partial charge in [-0.25, -0.2) is 0 Å². The first-order valence-corrected chi connectivity index (χ1v) is 6.42. The van der Waals surface area contributed by atoms with Gasteiger partial charge in [0.1, 0.15) is 0 Å². The van der Waals surface area contributed by atoms with Gasteiger partial charge in [-0.2, -0.15) is 0 Å². The van der Waals surface area contributed by atoms with Crippen LogP contribution < -0.4 is 4.74 Å². The lowest BCUT2D eigenvalue weighted by Gasteiger charge is -2.31. The SMILES string of the molecule is COc1cc(CN2CCC[C@@H](CO)C2)ccc1O. The van der Waals surface area contributed by atoms with Crippen molar-refractivity contribution < 1.29 is 14.9 Å². The summed E-state index contributed by atoms with van der Waals surface area (Å²) in [5.74, 6) is 1.09. The maximum atomic E-state index is 9.55. The number of aliphatic hydroxyl groups is 1. The Morgan fingerprint density at radius 2 is 2.28 bits per heavy atom. The van der Waals surface area contributed by atoms with E-state index in [1.165, 1.54) is 0 Å². The number of phenols is 1. The van der Waals surface area contributed by atoms with E-state index in [0.29, 0.717) is 11.7 Å². The molecular formula is C14H21NO3. The summed E-state index contributed by atoms with van der Waals surface area (Å²) >= 11 is 0. The lowest BCUT2D eigenvalue weighted by molar-refractivity contribution is 0.116. The van der Waals surface area contributed by atoms with Gasteiger partial charge in [-0.1, -0.05) is 6.07 Å². The highest BCUT2D eigenvalue weighted by atomic mass is 16.5. The Morgan fingerprint density at radius 1 is 1.44 bits per heavy atom. The molecule has 1 heterocycles. The molecule has 1 atom stereocenters. The number of benzene rings is 1. The van der Waals surface area contributed by atoms with Gasteiger partial charge in [-0.15, -0.1) is 0 Å². The number of nitrogens with zero attached hydrogens (tertiary/aromatic N) is 1. The van der Waals surface area contributed by atoms with Crippen LogP contribution in [-0.4, -0.2) is 41.9 Å². The van der Waals surface area contributed by atoms with Gasteiger partial charge in [-0.3, -0.25) is 4.90 Å². The van der Waals surface area contributed by atoms with Gasteiger partial charge >= 0.3 is 0 Å². The molecular weight excluding hydrogens is 230 g/mol. The van der Waals surface area contributed by atoms with Crippen molar-refractivity contribution in [3.8, 4) is 11.5 Å². The van der Waals surface area contributed by atoms with E-state index in [-0.39, 0.29) is 12.4 Å². The highest BCUT2D eigenvalue weighted by molar-refractivity contribution is 5.41. The van der Waals surface area contributed by atoms with Crippen molar-refractivity contribution in [3.63, 3.8) is 0 Å². The van der Waals surface area contributed by atoms with E-state index in [0.717, 1.165) is 38.0 Å². The number of rotatable bonds is 4. The van der Waals surface area contributed by atoms with Crippen molar-refractivity contribution in [2.24, 2.45) is 5.92 Å². The molecule has 2 rings (SSSR count). The first kappa shape index (κ1) is 13.2. The average Bonchev–Trinajstić information content (AvgIpc) is 2.41. The third-order valence-corrected chi connectivity index (χ3v) is 3.51. The first-order valence-electron chi connectivity index (χ1n) is 6.42. The molecule has 0 unspecified atom stereocenters. The van der Waals surface area contributed by atoms with E-state index < -0.39 is 0 Å². The van der Waals surface area contributed by atoms with Gasteiger partial charge in [0.05, 0.1) is 7.11 Å². The topological polar surface area (TPSA) is 52.9 Å². The van der Waals surface area contributed by atoms with Crippen LogP contribution in [0.15, 0.2) is 18.2 Å². The Balaban J connectivity index is 2.00. The van der Waals surface area contributed by atoms with Gasteiger partial charge in [0.15, 0.2) is 11.5 Å². The zero-order valence-electron chi connectivity index (χ0n) is 10.8. The molecule has 0 radical (unpaired) electrons. The molecule has 1 aromatic rings. The van der Waals surface area contributed by atoms with Crippen LogP contribution in [-0.2, 0) is 6.54 Å². The summed E-state index contributed by atoms with van der Waals surface area (Å²) in [6.07, 6.45) is 2.26. The fourth-order valence-electron chi connectivity index (χ4n) is 2.52. The van der Waals surface area contributed by atoms with Crippen molar-refractivity contribution in [2.75, 3.05) is 26.8 Å². The normalized spacial score (nSPS) is 20.9. The standard InChI is InChI=1S/C14H21NO3/c1-18-14-7-11(4-5-13(14)17)8-15-6-2-3-12(9-15)10-16/h4-5,7,12,16-17H,2-3,6,8-10H2,1H3/t12-/m1/s1. The molecule has 1 aromatic carbocycles. The highest BCUT2D eigenvalue weighted by Crippen LogP contribution is 2.27. The Morgan fingerprint density at radius 3 is 3.00 bits per heavy atom. The highest BCUT2D eigenvalue weighted by Gasteiger charge is 2.19. The monoisotopic (exact) mass is 251 g/mol. The third kappa shape index (κ3) is 3.15. The smallest absolute Gasteiger partial charge is 0.160 e. The molecule has 1 saturated heterocycles. The first-order chi connectivity index (χ1) is 8.72. The zero-order valence-corrected chi connectivity index (χ0v) is 10.8. The van der Waals surface area contributed by atoms with Crippen molar-refractivity contribution >= 4 is 0 Å². The number of aromatic hydroxyl groups is 1. The Hall–Kier alpha value is -1.26. The third-order valence-electron chi connectivity index (χ3n) is 3.51. The molecule has 18 heavy (non-hydrogen) atoms. The van der Waals surface area contributed by atoms with E-state index in [1.54, 1.807) is 13.2 Å². The fraction of sp³-hybridized carbons (Fsp3) is 0.571. The number of ether oxygens (including phenoxy) is 1. The second kappa shape index (κ2) is 6.07. The van der Waals surface area contributed by atoms with Crippen LogP contribution in [0.1, 0.15) is 18.4 Å². The Bertz CT molecular complexity index is 395. The van der Waals surface area contributed by atoms with Crippen LogP contribution in [0.2, 0.25) is 0 Å². The molecule has 100 valence electrons. The molecule has 1 aliphatic rings. The molecule has 0 saturated carbocycles. The van der Waals surface area contributed by atoms with Gasteiger partial charge in [-0.05, 0) is 43.0 Å². The van der Waals surface area contributed by atoms with Crippen LogP contribution in [0.3, 0.4) is 0 Å². The predicted octanol–water partition coefficient (Wildman–Crippen LogP) is 1.61. The van der Waals surface area contributed by atoms with Crippen molar-refractivity contribution in [1.29, 1.82) is 0 Å². The van der Waals surface area contributed by atoms with Crippen molar-refractivity contribution in [3.05, 3.63) is 23.8 Å². The summed E-state index contributed by atoms with van der Waals surface area (Å²) in [7, 11) is 1.56. The summed E-state index contributed by atoms with van der Waals surface area (Å²) in [5, 5.41) is 18.8. The number of likely N-dealkylation sites (tertiary alicyclic amines) is 1. The lowest BCUT2D eigenvalue weighted by Crippen LogP contribution is -2.36. The second-order valence-electron chi connectivity index (χ2n) is 4.93. The largest absolute Gasteiger partial charge is 0.504 e. The van der Waals surface area contributed by atoms with Crippen LogP contribution in [0.4, 0.5) is 0 Å². The quantitative estimate of drug-likeness (QED) is 0.853. The number of piperidine rings is 1. The number of hydrogen-bond donors (Lipinski definition) is 2. The molecule has 4 nitrogen and oxygen atoms in total. The molecule has 4 heteroatoms. The van der Waals surface area contributed by atoms with Crippen molar-refractivity contribution in [1.82, 2.24) is 4.90 Å². The Labute approximate surface area is 108 Å². The van der Waals surface area contributed by atoms with E-state index >= 15 is 0 Å². The second-order valence-corrected chi connectivity index (χ2v) is 4.93. The van der Waals surface area contributed by atoms with Crippen LogP contribution in [0.25, 0.3) is 0 Å². The molecule has 0 aliphatic carbocycles. The maximum Gasteiger partial charge on any atom is 0.160 e. The van der Waals surface area contributed by atoms with E-state index in [9.17, 15) is 10.2 Å². The average molecular weight is 251 g/mol. The number of hydrogen-bond acceptors (Lipinski definition) is 4. The van der Waals surface area contributed by atoms with Crippen LogP contribution in [0.5, 0.6) is 11.5 Å². The van der Waals surface area contributed by atoms with Crippen molar-refractivity contribution in [2.45, 2.75) is 19.4 Å². The summed E-state index contributed by atoms with van der Waals surface area (Å²) < 4.78 is 5.11. The van der Waals surface area contributed by atoms with Crippen LogP contribution in [0, 0.1) is 5.92 Å². The summed E-state index contributed by atoms with van der Waals surface area (Å²) in [4.78, 5) is 2.34. The zero-order chi connectivity index (χ0) is 13.0. The molecule has 0 spiro atoms. The molecule has 0 amide bonds. The maximum absolute atomic E-state index is 9.55. The molecule has 2 N–H and O–H groups in total. The summed E-state index contributed by atoms with van der Waals surface area (Å²) in [5.41, 5.74) is 1.13. The van der Waals surface area contributed by atoms with Gasteiger partial charge < -0.3 is 14.9 Å². The fourth-order valence-corrected chi connectivity index (χ4v) is 2.52. The summed E-state index contributed by atoms with van der Waals surface area (Å²) in [6, 6.07) is 5.46.